The largest absolute Gasteiger partial charge is 0.489 e. The summed E-state index contributed by atoms with van der Waals surface area (Å²) in [6, 6.07) is 17.3. The maximum atomic E-state index is 13.7. The second kappa shape index (κ2) is 7.87. The molecule has 0 aliphatic rings. The number of hydrogen-bond donors (Lipinski definition) is 1. The van der Waals surface area contributed by atoms with Crippen LogP contribution in [0.1, 0.15) is 21.5 Å². The first kappa shape index (κ1) is 17.7. The Morgan fingerprint density at radius 2 is 2.00 bits per heavy atom. The molecule has 0 bridgehead atoms. The Labute approximate surface area is 160 Å². The first-order valence-corrected chi connectivity index (χ1v) is 8.72. The van der Waals surface area contributed by atoms with E-state index in [1.165, 1.54) is 6.07 Å². The van der Waals surface area contributed by atoms with Crippen LogP contribution < -0.4 is 10.1 Å². The van der Waals surface area contributed by atoms with E-state index in [1.54, 1.807) is 53.3 Å². The van der Waals surface area contributed by atoms with Crippen molar-refractivity contribution >= 4 is 11.6 Å². The monoisotopic (exact) mass is 376 g/mol. The smallest absolute Gasteiger partial charge is 0.253 e. The van der Waals surface area contributed by atoms with E-state index in [-0.39, 0.29) is 18.3 Å². The molecule has 0 fully saturated rings. The number of nitrogens with zero attached hydrogens (tertiary/aromatic N) is 3. The first-order chi connectivity index (χ1) is 13.7. The summed E-state index contributed by atoms with van der Waals surface area (Å²) in [6.45, 7) is 0.484. The standard InChI is InChI=1S/C21H17FN4O2/c22-19-7-2-1-5-17(19)13-28-18-6-3-4-15(10-18)11-23-21(27)16-8-9-20-25-24-14-26(20)12-16/h1-10,12,14H,11,13H2,(H,23,27). The molecule has 7 heteroatoms. The van der Waals surface area contributed by atoms with E-state index in [0.717, 1.165) is 5.56 Å². The fourth-order valence-electron chi connectivity index (χ4n) is 2.77. The van der Waals surface area contributed by atoms with E-state index in [4.69, 9.17) is 4.74 Å². The van der Waals surface area contributed by atoms with Crippen LogP contribution in [-0.2, 0) is 13.2 Å². The van der Waals surface area contributed by atoms with Gasteiger partial charge in [-0.3, -0.25) is 9.20 Å². The van der Waals surface area contributed by atoms with Crippen molar-refractivity contribution in [3.05, 3.63) is 95.7 Å². The van der Waals surface area contributed by atoms with Gasteiger partial charge in [-0.05, 0) is 35.9 Å². The highest BCUT2D eigenvalue weighted by atomic mass is 19.1. The third-order valence-electron chi connectivity index (χ3n) is 4.26. The van der Waals surface area contributed by atoms with Crippen LogP contribution in [0, 0.1) is 5.82 Å². The molecule has 4 rings (SSSR count). The van der Waals surface area contributed by atoms with Crippen molar-refractivity contribution in [3.8, 4) is 5.75 Å². The van der Waals surface area contributed by atoms with Crippen molar-refractivity contribution in [2.45, 2.75) is 13.2 Å². The molecule has 0 spiro atoms. The second-order valence-electron chi connectivity index (χ2n) is 6.22. The number of benzene rings is 2. The molecule has 0 saturated carbocycles. The summed E-state index contributed by atoms with van der Waals surface area (Å²) >= 11 is 0. The average Bonchev–Trinajstić information content (AvgIpc) is 3.19. The summed E-state index contributed by atoms with van der Waals surface area (Å²) in [5.74, 6) is 0.116. The zero-order valence-corrected chi connectivity index (χ0v) is 14.9. The Morgan fingerprint density at radius 1 is 1.11 bits per heavy atom. The molecule has 2 aromatic carbocycles. The van der Waals surface area contributed by atoms with E-state index in [1.807, 2.05) is 18.2 Å². The number of halogens is 1. The molecule has 0 unspecified atom stereocenters. The van der Waals surface area contributed by atoms with Gasteiger partial charge < -0.3 is 10.1 Å². The molecule has 6 nitrogen and oxygen atoms in total. The van der Waals surface area contributed by atoms with Crippen LogP contribution >= 0.6 is 0 Å². The Bertz CT molecular complexity index is 1130. The highest BCUT2D eigenvalue weighted by molar-refractivity contribution is 5.94. The number of carbonyl (C=O) groups is 1. The molecule has 0 aliphatic heterocycles. The molecular formula is C21H17FN4O2. The number of carbonyl (C=O) groups excluding carboxylic acids is 1. The van der Waals surface area contributed by atoms with Crippen LogP contribution in [0.4, 0.5) is 4.39 Å². The van der Waals surface area contributed by atoms with Gasteiger partial charge in [-0.2, -0.15) is 0 Å². The van der Waals surface area contributed by atoms with Crippen molar-refractivity contribution < 1.29 is 13.9 Å². The van der Waals surface area contributed by atoms with Crippen LogP contribution in [0.5, 0.6) is 5.75 Å². The minimum Gasteiger partial charge on any atom is -0.489 e. The number of aromatic nitrogens is 3. The average molecular weight is 376 g/mol. The van der Waals surface area contributed by atoms with Gasteiger partial charge in [0.2, 0.25) is 0 Å². The maximum absolute atomic E-state index is 13.7. The Hall–Kier alpha value is -3.74. The molecule has 2 aromatic heterocycles. The molecule has 1 N–H and O–H groups in total. The molecule has 0 atom stereocenters. The Kier molecular flexibility index (Phi) is 4.97. The van der Waals surface area contributed by atoms with Gasteiger partial charge >= 0.3 is 0 Å². The zero-order valence-electron chi connectivity index (χ0n) is 14.9. The topological polar surface area (TPSA) is 68.5 Å². The highest BCUT2D eigenvalue weighted by Crippen LogP contribution is 2.16. The van der Waals surface area contributed by atoms with E-state index in [0.29, 0.717) is 29.1 Å². The van der Waals surface area contributed by atoms with Crippen LogP contribution in [0.25, 0.3) is 5.65 Å². The summed E-state index contributed by atoms with van der Waals surface area (Å²) in [6.07, 6.45) is 3.22. The Balaban J connectivity index is 1.37. The van der Waals surface area contributed by atoms with Crippen LogP contribution in [0.15, 0.2) is 73.2 Å². The summed E-state index contributed by atoms with van der Waals surface area (Å²) < 4.78 is 21.0. The first-order valence-electron chi connectivity index (χ1n) is 8.72. The summed E-state index contributed by atoms with van der Waals surface area (Å²) in [5, 5.41) is 10.6. The van der Waals surface area contributed by atoms with Crippen LogP contribution in [0.2, 0.25) is 0 Å². The van der Waals surface area contributed by atoms with E-state index in [2.05, 4.69) is 15.5 Å². The maximum Gasteiger partial charge on any atom is 0.253 e. The van der Waals surface area contributed by atoms with Gasteiger partial charge in [-0.15, -0.1) is 10.2 Å². The summed E-state index contributed by atoms with van der Waals surface area (Å²) in [5.41, 5.74) is 2.56. The number of nitrogens with one attached hydrogen (secondary N) is 1. The zero-order chi connectivity index (χ0) is 19.3. The van der Waals surface area contributed by atoms with Gasteiger partial charge in [-0.25, -0.2) is 4.39 Å². The van der Waals surface area contributed by atoms with Crippen molar-refractivity contribution in [1.29, 1.82) is 0 Å². The van der Waals surface area contributed by atoms with Gasteiger partial charge in [0, 0.05) is 18.3 Å². The highest BCUT2D eigenvalue weighted by Gasteiger charge is 2.08. The number of amides is 1. The van der Waals surface area contributed by atoms with Crippen molar-refractivity contribution in [2.75, 3.05) is 0 Å². The van der Waals surface area contributed by atoms with Crippen LogP contribution in [0.3, 0.4) is 0 Å². The van der Waals surface area contributed by atoms with Crippen molar-refractivity contribution in [1.82, 2.24) is 19.9 Å². The van der Waals surface area contributed by atoms with E-state index >= 15 is 0 Å². The Morgan fingerprint density at radius 3 is 2.89 bits per heavy atom. The molecule has 4 aromatic rings. The number of ether oxygens (including phenoxy) is 1. The predicted octanol–water partition coefficient (Wildman–Crippen LogP) is 3.38. The lowest BCUT2D eigenvalue weighted by atomic mass is 10.2. The number of rotatable bonds is 6. The molecule has 0 saturated heterocycles. The molecule has 28 heavy (non-hydrogen) atoms. The van der Waals surface area contributed by atoms with Crippen molar-refractivity contribution in [2.24, 2.45) is 0 Å². The fraction of sp³-hybridized carbons (Fsp3) is 0.0952. The van der Waals surface area contributed by atoms with Crippen molar-refractivity contribution in [3.63, 3.8) is 0 Å². The third kappa shape index (κ3) is 3.98. The normalized spacial score (nSPS) is 10.8. The SMILES string of the molecule is O=C(NCc1cccc(OCc2ccccc2F)c1)c1ccc2nncn2c1. The summed E-state index contributed by atoms with van der Waals surface area (Å²) in [4.78, 5) is 12.4. The molecule has 1 amide bonds. The predicted molar refractivity (Wildman–Crippen MR) is 101 cm³/mol. The van der Waals surface area contributed by atoms with Gasteiger partial charge in [-0.1, -0.05) is 30.3 Å². The minimum absolute atomic E-state index is 0.140. The molecular weight excluding hydrogens is 359 g/mol. The molecule has 0 aliphatic carbocycles. The van der Waals surface area contributed by atoms with Gasteiger partial charge in [0.25, 0.3) is 5.91 Å². The van der Waals surface area contributed by atoms with Crippen LogP contribution in [-0.4, -0.2) is 20.5 Å². The number of pyridine rings is 1. The van der Waals surface area contributed by atoms with E-state index in [9.17, 15) is 9.18 Å². The molecule has 140 valence electrons. The summed E-state index contributed by atoms with van der Waals surface area (Å²) in [7, 11) is 0. The van der Waals surface area contributed by atoms with Gasteiger partial charge in [0.05, 0.1) is 5.56 Å². The quantitative estimate of drug-likeness (QED) is 0.560. The number of hydrogen-bond acceptors (Lipinski definition) is 4. The lowest BCUT2D eigenvalue weighted by Gasteiger charge is -2.10. The van der Waals surface area contributed by atoms with E-state index < -0.39 is 0 Å². The lowest BCUT2D eigenvalue weighted by molar-refractivity contribution is 0.0950. The third-order valence-corrected chi connectivity index (χ3v) is 4.26. The minimum atomic E-state index is -0.295. The molecule has 2 heterocycles. The van der Waals surface area contributed by atoms with Gasteiger partial charge in [0.15, 0.2) is 5.65 Å². The lowest BCUT2D eigenvalue weighted by Crippen LogP contribution is -2.23. The number of fused-ring (bicyclic) bond motifs is 1. The molecule has 0 radical (unpaired) electrons. The van der Waals surface area contributed by atoms with Gasteiger partial charge in [0.1, 0.15) is 24.5 Å². The second-order valence-corrected chi connectivity index (χ2v) is 6.22. The fourth-order valence-corrected chi connectivity index (χ4v) is 2.77.